The van der Waals surface area contributed by atoms with Crippen LogP contribution in [0.4, 0.5) is 0 Å². The van der Waals surface area contributed by atoms with Crippen LogP contribution in [0, 0.1) is 0 Å². The molecule has 0 bridgehead atoms. The molecule has 2 aromatic carbocycles. The van der Waals surface area contributed by atoms with Crippen molar-refractivity contribution >= 4 is 12.4 Å². The standard InChI is InChI=1S/C25H38N2.ClH.H2O/c1-26(2)20-10-15-23(16-11-21-27(3)4)25-17-9-8-14-24(25)19-18-22-12-6-5-7-13-22;;/h5-9,12-14,17,23H,10-11,15-16,18-21H2,1-4H3;1H;1H2. The highest BCUT2D eigenvalue weighted by molar-refractivity contribution is 5.85. The van der Waals surface area contributed by atoms with E-state index in [0.717, 1.165) is 12.8 Å². The Morgan fingerprint density at radius 2 is 1.21 bits per heavy atom. The summed E-state index contributed by atoms with van der Waals surface area (Å²) >= 11 is 0. The molecule has 0 radical (unpaired) electrons. The van der Waals surface area contributed by atoms with Crippen molar-refractivity contribution in [3.63, 3.8) is 0 Å². The lowest BCUT2D eigenvalue weighted by molar-refractivity contribution is 0.361. The first kappa shape index (κ1) is 27.6. The molecule has 29 heavy (non-hydrogen) atoms. The smallest absolute Gasteiger partial charge is 0.00246 e. The maximum absolute atomic E-state index is 2.39. The van der Waals surface area contributed by atoms with Crippen LogP contribution in [0.5, 0.6) is 0 Å². The Morgan fingerprint density at radius 1 is 0.690 bits per heavy atom. The minimum Gasteiger partial charge on any atom is -0.412 e. The zero-order valence-electron chi connectivity index (χ0n) is 18.7. The quantitative estimate of drug-likeness (QED) is 0.492. The number of hydrogen-bond donors (Lipinski definition) is 0. The molecule has 0 saturated heterocycles. The highest BCUT2D eigenvalue weighted by atomic mass is 35.5. The van der Waals surface area contributed by atoms with Gasteiger partial charge in [-0.25, -0.2) is 0 Å². The summed E-state index contributed by atoms with van der Waals surface area (Å²) in [7, 11) is 8.70. The Kier molecular flexibility index (Phi) is 14.7. The van der Waals surface area contributed by atoms with Crippen LogP contribution in [0.2, 0.25) is 0 Å². The largest absolute Gasteiger partial charge is 0.412 e. The molecule has 0 aliphatic rings. The van der Waals surface area contributed by atoms with Crippen molar-refractivity contribution in [1.29, 1.82) is 0 Å². The van der Waals surface area contributed by atoms with Gasteiger partial charge in [-0.2, -0.15) is 0 Å². The van der Waals surface area contributed by atoms with Gasteiger partial charge in [-0.1, -0.05) is 54.6 Å². The van der Waals surface area contributed by atoms with Gasteiger partial charge in [0.25, 0.3) is 0 Å². The summed E-state index contributed by atoms with van der Waals surface area (Å²) in [5, 5.41) is 0. The van der Waals surface area contributed by atoms with Crippen molar-refractivity contribution in [1.82, 2.24) is 9.80 Å². The van der Waals surface area contributed by atoms with Gasteiger partial charge < -0.3 is 15.3 Å². The van der Waals surface area contributed by atoms with Gasteiger partial charge in [-0.05, 0) is 102 Å². The Morgan fingerprint density at radius 3 is 1.76 bits per heavy atom. The third-order valence-electron chi connectivity index (χ3n) is 5.34. The fourth-order valence-electron chi connectivity index (χ4n) is 3.85. The van der Waals surface area contributed by atoms with E-state index in [1.165, 1.54) is 44.3 Å². The van der Waals surface area contributed by atoms with Crippen LogP contribution in [0.15, 0.2) is 54.6 Å². The van der Waals surface area contributed by atoms with E-state index in [1.807, 2.05) is 0 Å². The maximum Gasteiger partial charge on any atom is -0.00246 e. The molecular formula is C25H41ClN2O. The number of nitrogens with zero attached hydrogens (tertiary/aromatic N) is 2. The molecule has 0 heterocycles. The van der Waals surface area contributed by atoms with Crippen molar-refractivity contribution < 1.29 is 5.48 Å². The molecule has 0 aliphatic carbocycles. The molecule has 0 aromatic heterocycles. The van der Waals surface area contributed by atoms with Gasteiger partial charge in [-0.3, -0.25) is 0 Å². The van der Waals surface area contributed by atoms with Crippen LogP contribution < -0.4 is 0 Å². The fraction of sp³-hybridized carbons (Fsp3) is 0.520. The maximum atomic E-state index is 2.39. The number of halogens is 1. The van der Waals surface area contributed by atoms with Gasteiger partial charge >= 0.3 is 0 Å². The Labute approximate surface area is 184 Å². The topological polar surface area (TPSA) is 38.0 Å². The first-order valence-corrected chi connectivity index (χ1v) is 10.5. The molecule has 3 nitrogen and oxygen atoms in total. The summed E-state index contributed by atoms with van der Waals surface area (Å²) in [5.74, 6) is 0.678. The fourth-order valence-corrected chi connectivity index (χ4v) is 3.85. The molecule has 0 fully saturated rings. The summed E-state index contributed by atoms with van der Waals surface area (Å²) in [4.78, 5) is 4.61. The number of hydrogen-bond acceptors (Lipinski definition) is 2. The summed E-state index contributed by atoms with van der Waals surface area (Å²) in [5.41, 5.74) is 4.57. The molecule has 2 aromatic rings. The van der Waals surface area contributed by atoms with Crippen molar-refractivity contribution in [2.45, 2.75) is 44.4 Å². The van der Waals surface area contributed by atoms with Crippen molar-refractivity contribution in [3.8, 4) is 0 Å². The van der Waals surface area contributed by atoms with E-state index in [-0.39, 0.29) is 17.9 Å². The number of rotatable bonds is 12. The lowest BCUT2D eigenvalue weighted by Gasteiger charge is -2.22. The summed E-state index contributed by atoms with van der Waals surface area (Å²) in [6.45, 7) is 2.35. The van der Waals surface area contributed by atoms with E-state index in [0.29, 0.717) is 5.92 Å². The molecule has 0 unspecified atom stereocenters. The molecule has 0 aliphatic heterocycles. The Hall–Kier alpha value is -1.39. The minimum atomic E-state index is 0. The number of benzene rings is 2. The lowest BCUT2D eigenvalue weighted by Crippen LogP contribution is -2.16. The molecule has 0 saturated carbocycles. The molecule has 164 valence electrons. The van der Waals surface area contributed by atoms with Gasteiger partial charge in [0.1, 0.15) is 0 Å². The average Bonchev–Trinajstić information content (AvgIpc) is 2.66. The predicted molar refractivity (Wildman–Crippen MR) is 129 cm³/mol. The first-order chi connectivity index (χ1) is 13.1. The molecule has 4 heteroatoms. The van der Waals surface area contributed by atoms with Crippen molar-refractivity contribution in [2.75, 3.05) is 41.3 Å². The van der Waals surface area contributed by atoms with Crippen molar-refractivity contribution in [3.05, 3.63) is 71.3 Å². The zero-order chi connectivity index (χ0) is 19.5. The van der Waals surface area contributed by atoms with Crippen LogP contribution in [0.1, 0.15) is 48.3 Å². The van der Waals surface area contributed by atoms with E-state index >= 15 is 0 Å². The summed E-state index contributed by atoms with van der Waals surface area (Å²) < 4.78 is 0. The second-order valence-corrected chi connectivity index (χ2v) is 8.27. The second kappa shape index (κ2) is 15.4. The Balaban J connectivity index is 0.00000392. The molecule has 0 amide bonds. The molecular weight excluding hydrogens is 380 g/mol. The van der Waals surface area contributed by atoms with Crippen LogP contribution >= 0.6 is 12.4 Å². The van der Waals surface area contributed by atoms with E-state index in [9.17, 15) is 0 Å². The second-order valence-electron chi connectivity index (χ2n) is 8.27. The average molecular weight is 421 g/mol. The first-order valence-electron chi connectivity index (χ1n) is 10.5. The molecule has 0 spiro atoms. The van der Waals surface area contributed by atoms with E-state index in [4.69, 9.17) is 0 Å². The van der Waals surface area contributed by atoms with Crippen LogP contribution in [-0.2, 0) is 12.8 Å². The van der Waals surface area contributed by atoms with Crippen LogP contribution in [0.25, 0.3) is 0 Å². The minimum absolute atomic E-state index is 0. The third kappa shape index (κ3) is 10.8. The van der Waals surface area contributed by atoms with Gasteiger partial charge in [0.15, 0.2) is 0 Å². The molecule has 2 N–H and O–H groups in total. The summed E-state index contributed by atoms with van der Waals surface area (Å²) in [6.07, 6.45) is 7.37. The molecule has 2 rings (SSSR count). The van der Waals surface area contributed by atoms with Gasteiger partial charge in [-0.15, -0.1) is 12.4 Å². The summed E-state index contributed by atoms with van der Waals surface area (Å²) in [6, 6.07) is 20.1. The highest BCUT2D eigenvalue weighted by Crippen LogP contribution is 2.30. The number of aryl methyl sites for hydroxylation is 2. The zero-order valence-corrected chi connectivity index (χ0v) is 19.5. The van der Waals surface area contributed by atoms with Crippen LogP contribution in [-0.4, -0.2) is 56.6 Å². The monoisotopic (exact) mass is 420 g/mol. The van der Waals surface area contributed by atoms with Crippen molar-refractivity contribution in [2.24, 2.45) is 0 Å². The molecule has 0 atom stereocenters. The van der Waals surface area contributed by atoms with Gasteiger partial charge in [0.05, 0.1) is 0 Å². The van der Waals surface area contributed by atoms with Gasteiger partial charge in [0, 0.05) is 0 Å². The third-order valence-corrected chi connectivity index (χ3v) is 5.34. The highest BCUT2D eigenvalue weighted by Gasteiger charge is 2.15. The van der Waals surface area contributed by atoms with Gasteiger partial charge in [0.2, 0.25) is 0 Å². The Bertz CT molecular complexity index is 632. The van der Waals surface area contributed by atoms with E-state index in [1.54, 1.807) is 11.1 Å². The van der Waals surface area contributed by atoms with E-state index < -0.39 is 0 Å². The lowest BCUT2D eigenvalue weighted by atomic mass is 9.85. The van der Waals surface area contributed by atoms with E-state index in [2.05, 4.69) is 92.6 Å². The van der Waals surface area contributed by atoms with Crippen LogP contribution in [0.3, 0.4) is 0 Å². The predicted octanol–water partition coefficient (Wildman–Crippen LogP) is 4.84. The SMILES string of the molecule is CN(C)CCCC(CCCN(C)C)c1ccccc1CCc1ccccc1.Cl.O. The normalized spacial score (nSPS) is 10.9.